The van der Waals surface area contributed by atoms with Crippen molar-refractivity contribution in [2.75, 3.05) is 26.2 Å². The Kier molecular flexibility index (Phi) is 5.65. The van der Waals surface area contributed by atoms with E-state index in [4.69, 9.17) is 0 Å². The van der Waals surface area contributed by atoms with Crippen LogP contribution in [0, 0.1) is 0 Å². The standard InChI is InChI=1S/C18H24N4O3/c23-16-12-19-11-15(21-16)17(24)20-10-13-4-6-14(7-5-13)18(25)22-8-2-1-3-9-22/h4-7,15,19H,1-3,8-12H2,(H,20,24)(H,21,23). The average Bonchev–Trinajstić information content (AvgIpc) is 2.66. The van der Waals surface area contributed by atoms with Crippen molar-refractivity contribution in [3.05, 3.63) is 35.4 Å². The molecule has 2 fully saturated rings. The summed E-state index contributed by atoms with van der Waals surface area (Å²) < 4.78 is 0. The van der Waals surface area contributed by atoms with Crippen molar-refractivity contribution in [2.45, 2.75) is 31.8 Å². The van der Waals surface area contributed by atoms with Crippen LogP contribution in [0.25, 0.3) is 0 Å². The van der Waals surface area contributed by atoms with Gasteiger partial charge in [-0.3, -0.25) is 14.4 Å². The molecule has 1 unspecified atom stereocenters. The molecule has 1 aromatic rings. The fourth-order valence-corrected chi connectivity index (χ4v) is 3.14. The van der Waals surface area contributed by atoms with Crippen LogP contribution in [0.15, 0.2) is 24.3 Å². The van der Waals surface area contributed by atoms with Crippen LogP contribution in [0.5, 0.6) is 0 Å². The third-order valence-corrected chi connectivity index (χ3v) is 4.60. The number of amides is 3. The minimum Gasteiger partial charge on any atom is -0.350 e. The van der Waals surface area contributed by atoms with E-state index in [1.165, 1.54) is 6.42 Å². The van der Waals surface area contributed by atoms with E-state index in [1.807, 2.05) is 29.2 Å². The molecule has 7 nitrogen and oxygen atoms in total. The molecule has 1 atom stereocenters. The Balaban J connectivity index is 1.51. The first-order valence-corrected chi connectivity index (χ1v) is 8.79. The van der Waals surface area contributed by atoms with Gasteiger partial charge < -0.3 is 20.9 Å². The highest BCUT2D eigenvalue weighted by atomic mass is 16.2. The lowest BCUT2D eigenvalue weighted by atomic mass is 10.1. The normalized spacial score (nSPS) is 20.7. The summed E-state index contributed by atoms with van der Waals surface area (Å²) in [7, 11) is 0. The highest BCUT2D eigenvalue weighted by Crippen LogP contribution is 2.14. The Hall–Kier alpha value is -2.41. The summed E-state index contributed by atoms with van der Waals surface area (Å²) in [6.07, 6.45) is 3.34. The monoisotopic (exact) mass is 344 g/mol. The van der Waals surface area contributed by atoms with Crippen molar-refractivity contribution in [3.8, 4) is 0 Å². The van der Waals surface area contributed by atoms with E-state index in [2.05, 4.69) is 16.0 Å². The molecule has 0 spiro atoms. The van der Waals surface area contributed by atoms with Crippen molar-refractivity contribution in [3.63, 3.8) is 0 Å². The largest absolute Gasteiger partial charge is 0.350 e. The van der Waals surface area contributed by atoms with E-state index in [0.29, 0.717) is 18.7 Å². The van der Waals surface area contributed by atoms with Crippen LogP contribution in [-0.4, -0.2) is 54.8 Å². The van der Waals surface area contributed by atoms with E-state index >= 15 is 0 Å². The third-order valence-electron chi connectivity index (χ3n) is 4.60. The summed E-state index contributed by atoms with van der Waals surface area (Å²) in [5.41, 5.74) is 1.60. The first kappa shape index (κ1) is 17.4. The molecule has 2 saturated heterocycles. The van der Waals surface area contributed by atoms with Crippen molar-refractivity contribution in [2.24, 2.45) is 0 Å². The topological polar surface area (TPSA) is 90.5 Å². The van der Waals surface area contributed by atoms with Crippen LogP contribution >= 0.6 is 0 Å². The molecule has 3 N–H and O–H groups in total. The lowest BCUT2D eigenvalue weighted by molar-refractivity contribution is -0.130. The molecule has 0 radical (unpaired) electrons. The number of rotatable bonds is 4. The molecule has 1 aromatic carbocycles. The number of hydrogen-bond acceptors (Lipinski definition) is 4. The molecule has 3 rings (SSSR count). The maximum atomic E-state index is 12.4. The molecular formula is C18H24N4O3. The minimum absolute atomic E-state index is 0.0753. The predicted octanol–water partition coefficient (Wildman–Crippen LogP) is 0.0169. The third kappa shape index (κ3) is 4.57. The summed E-state index contributed by atoms with van der Waals surface area (Å²) in [5, 5.41) is 8.36. The van der Waals surface area contributed by atoms with Gasteiger partial charge in [0.05, 0.1) is 6.54 Å². The van der Waals surface area contributed by atoms with Crippen LogP contribution in [0.1, 0.15) is 35.2 Å². The van der Waals surface area contributed by atoms with Gasteiger partial charge >= 0.3 is 0 Å². The summed E-state index contributed by atoms with van der Waals surface area (Å²) in [6.45, 7) is 2.70. The van der Waals surface area contributed by atoms with Gasteiger partial charge in [0.1, 0.15) is 6.04 Å². The zero-order valence-electron chi connectivity index (χ0n) is 14.2. The number of benzene rings is 1. The smallest absolute Gasteiger partial charge is 0.253 e. The first-order valence-electron chi connectivity index (χ1n) is 8.79. The number of likely N-dealkylation sites (tertiary alicyclic amines) is 1. The van der Waals surface area contributed by atoms with Crippen LogP contribution in [0.2, 0.25) is 0 Å². The van der Waals surface area contributed by atoms with Gasteiger partial charge in [-0.05, 0) is 37.0 Å². The maximum absolute atomic E-state index is 12.4. The predicted molar refractivity (Wildman–Crippen MR) is 92.8 cm³/mol. The SMILES string of the molecule is O=C1CNCC(C(=O)NCc2ccc(C(=O)N3CCCCC3)cc2)N1. The van der Waals surface area contributed by atoms with Crippen LogP contribution in [0.3, 0.4) is 0 Å². The van der Waals surface area contributed by atoms with E-state index in [-0.39, 0.29) is 24.3 Å². The summed E-state index contributed by atoms with van der Waals surface area (Å²) in [4.78, 5) is 37.7. The number of piperidine rings is 1. The van der Waals surface area contributed by atoms with Gasteiger partial charge in [-0.2, -0.15) is 0 Å². The van der Waals surface area contributed by atoms with Gasteiger partial charge in [-0.25, -0.2) is 0 Å². The molecular weight excluding hydrogens is 320 g/mol. The molecule has 3 amide bonds. The lowest BCUT2D eigenvalue weighted by Gasteiger charge is -2.26. The second-order valence-electron chi connectivity index (χ2n) is 6.52. The second-order valence-corrected chi connectivity index (χ2v) is 6.52. The number of piperazine rings is 1. The fourth-order valence-electron chi connectivity index (χ4n) is 3.14. The first-order chi connectivity index (χ1) is 12.1. The van der Waals surface area contributed by atoms with Gasteiger partial charge in [-0.15, -0.1) is 0 Å². The van der Waals surface area contributed by atoms with E-state index in [0.717, 1.165) is 31.5 Å². The van der Waals surface area contributed by atoms with Gasteiger partial charge in [-0.1, -0.05) is 12.1 Å². The zero-order chi connectivity index (χ0) is 17.6. The highest BCUT2D eigenvalue weighted by Gasteiger charge is 2.24. The van der Waals surface area contributed by atoms with Crippen molar-refractivity contribution < 1.29 is 14.4 Å². The number of hydrogen-bond donors (Lipinski definition) is 3. The molecule has 2 aliphatic heterocycles. The Labute approximate surface area is 147 Å². The molecule has 0 aliphatic carbocycles. The van der Waals surface area contributed by atoms with E-state index < -0.39 is 6.04 Å². The fraction of sp³-hybridized carbons (Fsp3) is 0.500. The van der Waals surface area contributed by atoms with Crippen LogP contribution in [0.4, 0.5) is 0 Å². The molecule has 0 aromatic heterocycles. The van der Waals surface area contributed by atoms with Crippen molar-refractivity contribution in [1.82, 2.24) is 20.9 Å². The van der Waals surface area contributed by atoms with Crippen LogP contribution < -0.4 is 16.0 Å². The number of nitrogens with zero attached hydrogens (tertiary/aromatic N) is 1. The molecule has 25 heavy (non-hydrogen) atoms. The second kappa shape index (κ2) is 8.11. The summed E-state index contributed by atoms with van der Waals surface area (Å²) in [6, 6.07) is 6.79. The molecule has 134 valence electrons. The quantitative estimate of drug-likeness (QED) is 0.718. The minimum atomic E-state index is -0.541. The van der Waals surface area contributed by atoms with Gasteiger partial charge in [0.15, 0.2) is 0 Å². The van der Waals surface area contributed by atoms with Crippen molar-refractivity contribution in [1.29, 1.82) is 0 Å². The zero-order valence-corrected chi connectivity index (χ0v) is 14.2. The lowest BCUT2D eigenvalue weighted by Crippen LogP contribution is -2.58. The van der Waals surface area contributed by atoms with Gasteiger partial charge in [0.25, 0.3) is 5.91 Å². The van der Waals surface area contributed by atoms with Gasteiger partial charge in [0, 0.05) is 31.7 Å². The number of carbonyl (C=O) groups excluding carboxylic acids is 3. The molecule has 2 heterocycles. The highest BCUT2D eigenvalue weighted by molar-refractivity contribution is 5.94. The van der Waals surface area contributed by atoms with E-state index in [9.17, 15) is 14.4 Å². The molecule has 7 heteroatoms. The van der Waals surface area contributed by atoms with E-state index in [1.54, 1.807) is 0 Å². The Morgan fingerprint density at radius 1 is 1.12 bits per heavy atom. The summed E-state index contributed by atoms with van der Waals surface area (Å²) >= 11 is 0. The average molecular weight is 344 g/mol. The maximum Gasteiger partial charge on any atom is 0.253 e. The molecule has 0 bridgehead atoms. The summed E-state index contributed by atoms with van der Waals surface area (Å²) in [5.74, 6) is -0.313. The molecule has 0 saturated carbocycles. The Morgan fingerprint density at radius 3 is 2.52 bits per heavy atom. The number of carbonyl (C=O) groups is 3. The Bertz CT molecular complexity index is 638. The van der Waals surface area contributed by atoms with Crippen molar-refractivity contribution >= 4 is 17.7 Å². The Morgan fingerprint density at radius 2 is 1.84 bits per heavy atom. The number of nitrogens with one attached hydrogen (secondary N) is 3. The van der Waals surface area contributed by atoms with Crippen LogP contribution in [-0.2, 0) is 16.1 Å². The van der Waals surface area contributed by atoms with Gasteiger partial charge in [0.2, 0.25) is 11.8 Å². The molecule has 2 aliphatic rings.